The number of nitrogens with two attached hydrogens (primary N) is 1. The van der Waals surface area contributed by atoms with Crippen LogP contribution in [0.15, 0.2) is 28.7 Å². The first kappa shape index (κ1) is 12.1. The van der Waals surface area contributed by atoms with E-state index in [1.54, 1.807) is 7.11 Å². The Bertz CT molecular complexity index is 537. The molecule has 0 aliphatic rings. The Hall–Kier alpha value is -1.33. The Labute approximate surface area is 109 Å². The van der Waals surface area contributed by atoms with Crippen LogP contribution in [0.4, 0.5) is 0 Å². The smallest absolute Gasteiger partial charge is 0.133 e. The average Bonchev–Trinajstić information content (AvgIpc) is 2.70. The summed E-state index contributed by atoms with van der Waals surface area (Å²) < 4.78 is 7.96. The fourth-order valence-electron chi connectivity index (χ4n) is 1.72. The van der Waals surface area contributed by atoms with Gasteiger partial charge in [0.2, 0.25) is 0 Å². The van der Waals surface area contributed by atoms with E-state index in [-0.39, 0.29) is 0 Å². The third-order valence-corrected chi connectivity index (χ3v) is 3.21. The molecular weight excluding hydrogens is 282 g/mol. The maximum atomic E-state index is 5.58. The SMILES string of the molecule is COc1ccc(-c2cc(CN)nn2C)cc1Br. The summed E-state index contributed by atoms with van der Waals surface area (Å²) in [6.45, 7) is 0.450. The normalized spacial score (nSPS) is 10.6. The molecule has 0 aliphatic carbocycles. The molecule has 17 heavy (non-hydrogen) atoms. The summed E-state index contributed by atoms with van der Waals surface area (Å²) in [6.07, 6.45) is 0. The first-order valence-corrected chi connectivity index (χ1v) is 6.02. The maximum Gasteiger partial charge on any atom is 0.133 e. The molecule has 0 fully saturated rings. The van der Waals surface area contributed by atoms with E-state index in [0.29, 0.717) is 6.54 Å². The van der Waals surface area contributed by atoms with Crippen molar-refractivity contribution in [3.63, 3.8) is 0 Å². The number of aromatic nitrogens is 2. The van der Waals surface area contributed by atoms with Gasteiger partial charge >= 0.3 is 0 Å². The third-order valence-electron chi connectivity index (χ3n) is 2.59. The van der Waals surface area contributed by atoms with Crippen LogP contribution >= 0.6 is 15.9 Å². The van der Waals surface area contributed by atoms with Crippen LogP contribution in [0.5, 0.6) is 5.75 Å². The zero-order valence-corrected chi connectivity index (χ0v) is 11.4. The Morgan fingerprint density at radius 1 is 1.41 bits per heavy atom. The predicted molar refractivity (Wildman–Crippen MR) is 70.8 cm³/mol. The Kier molecular flexibility index (Phi) is 3.49. The minimum absolute atomic E-state index is 0.450. The summed E-state index contributed by atoms with van der Waals surface area (Å²) in [5.41, 5.74) is 8.58. The molecule has 1 aromatic heterocycles. The Balaban J connectivity index is 2.45. The lowest BCUT2D eigenvalue weighted by molar-refractivity contribution is 0.412. The highest BCUT2D eigenvalue weighted by Crippen LogP contribution is 2.30. The summed E-state index contributed by atoms with van der Waals surface area (Å²) >= 11 is 3.47. The summed E-state index contributed by atoms with van der Waals surface area (Å²) in [4.78, 5) is 0. The fraction of sp³-hybridized carbons (Fsp3) is 0.250. The minimum Gasteiger partial charge on any atom is -0.496 e. The number of nitrogens with zero attached hydrogens (tertiary/aromatic N) is 2. The Morgan fingerprint density at radius 3 is 2.71 bits per heavy atom. The molecule has 90 valence electrons. The van der Waals surface area contributed by atoms with Crippen LogP contribution in [-0.2, 0) is 13.6 Å². The summed E-state index contributed by atoms with van der Waals surface area (Å²) in [5, 5.41) is 4.32. The van der Waals surface area contributed by atoms with Crippen LogP contribution in [0.2, 0.25) is 0 Å². The van der Waals surface area contributed by atoms with Gasteiger partial charge in [-0.15, -0.1) is 0 Å². The minimum atomic E-state index is 0.450. The zero-order chi connectivity index (χ0) is 12.4. The van der Waals surface area contributed by atoms with Crippen LogP contribution in [-0.4, -0.2) is 16.9 Å². The molecule has 2 rings (SSSR count). The van der Waals surface area contributed by atoms with Crippen LogP contribution < -0.4 is 10.5 Å². The number of rotatable bonds is 3. The number of benzene rings is 1. The fourth-order valence-corrected chi connectivity index (χ4v) is 2.26. The molecule has 0 saturated heterocycles. The van der Waals surface area contributed by atoms with Crippen LogP contribution in [0, 0.1) is 0 Å². The molecule has 0 atom stereocenters. The molecule has 0 amide bonds. The highest BCUT2D eigenvalue weighted by Gasteiger charge is 2.08. The largest absolute Gasteiger partial charge is 0.496 e. The quantitative estimate of drug-likeness (QED) is 0.945. The van der Waals surface area contributed by atoms with Crippen molar-refractivity contribution in [3.8, 4) is 17.0 Å². The molecule has 0 aliphatic heterocycles. The number of halogens is 1. The van der Waals surface area contributed by atoms with Gasteiger partial charge in [-0.3, -0.25) is 4.68 Å². The van der Waals surface area contributed by atoms with Crippen molar-refractivity contribution in [2.24, 2.45) is 12.8 Å². The van der Waals surface area contributed by atoms with Crippen molar-refractivity contribution >= 4 is 15.9 Å². The first-order chi connectivity index (χ1) is 8.15. The molecule has 4 nitrogen and oxygen atoms in total. The molecule has 0 saturated carbocycles. The van der Waals surface area contributed by atoms with Crippen LogP contribution in [0.25, 0.3) is 11.3 Å². The van der Waals surface area contributed by atoms with Crippen LogP contribution in [0.1, 0.15) is 5.69 Å². The van der Waals surface area contributed by atoms with E-state index < -0.39 is 0 Å². The van der Waals surface area contributed by atoms with E-state index in [0.717, 1.165) is 27.2 Å². The summed E-state index contributed by atoms with van der Waals surface area (Å²) in [5.74, 6) is 0.815. The lowest BCUT2D eigenvalue weighted by Crippen LogP contribution is -1.98. The molecule has 5 heteroatoms. The molecular formula is C12H14BrN3O. The average molecular weight is 296 g/mol. The summed E-state index contributed by atoms with van der Waals surface area (Å²) in [7, 11) is 3.56. The van der Waals surface area contributed by atoms with E-state index in [2.05, 4.69) is 21.0 Å². The van der Waals surface area contributed by atoms with Gasteiger partial charge in [-0.05, 0) is 40.2 Å². The molecule has 0 spiro atoms. The summed E-state index contributed by atoms with van der Waals surface area (Å²) in [6, 6.07) is 7.93. The van der Waals surface area contributed by atoms with E-state index in [4.69, 9.17) is 10.5 Å². The number of hydrogen-bond acceptors (Lipinski definition) is 3. The molecule has 2 N–H and O–H groups in total. The van der Waals surface area contributed by atoms with Crippen molar-refractivity contribution in [1.29, 1.82) is 0 Å². The van der Waals surface area contributed by atoms with Gasteiger partial charge < -0.3 is 10.5 Å². The number of ether oxygens (including phenoxy) is 1. The zero-order valence-electron chi connectivity index (χ0n) is 9.77. The third kappa shape index (κ3) is 2.35. The predicted octanol–water partition coefficient (Wildman–Crippen LogP) is 2.32. The molecule has 0 unspecified atom stereocenters. The Morgan fingerprint density at radius 2 is 2.18 bits per heavy atom. The monoisotopic (exact) mass is 295 g/mol. The van der Waals surface area contributed by atoms with Gasteiger partial charge in [-0.2, -0.15) is 5.10 Å². The number of hydrogen-bond donors (Lipinski definition) is 1. The van der Waals surface area contributed by atoms with E-state index in [9.17, 15) is 0 Å². The van der Waals surface area contributed by atoms with Gasteiger partial charge in [0, 0.05) is 19.2 Å². The number of methoxy groups -OCH3 is 1. The van der Waals surface area contributed by atoms with E-state index in [1.807, 2.05) is 36.0 Å². The lowest BCUT2D eigenvalue weighted by Gasteiger charge is -2.06. The first-order valence-electron chi connectivity index (χ1n) is 5.22. The van der Waals surface area contributed by atoms with Crippen molar-refractivity contribution in [1.82, 2.24) is 9.78 Å². The van der Waals surface area contributed by atoms with E-state index in [1.165, 1.54) is 0 Å². The van der Waals surface area contributed by atoms with Gasteiger partial charge in [0.25, 0.3) is 0 Å². The standard InChI is InChI=1S/C12H14BrN3O/c1-16-11(6-9(7-14)15-16)8-3-4-12(17-2)10(13)5-8/h3-6H,7,14H2,1-2H3. The molecule has 0 radical (unpaired) electrons. The molecule has 1 aromatic carbocycles. The van der Waals surface area contributed by atoms with Gasteiger partial charge in [0.15, 0.2) is 0 Å². The van der Waals surface area contributed by atoms with E-state index >= 15 is 0 Å². The topological polar surface area (TPSA) is 53.1 Å². The second kappa shape index (κ2) is 4.89. The highest BCUT2D eigenvalue weighted by molar-refractivity contribution is 9.10. The molecule has 1 heterocycles. The van der Waals surface area contributed by atoms with Crippen molar-refractivity contribution < 1.29 is 4.74 Å². The maximum absolute atomic E-state index is 5.58. The second-order valence-electron chi connectivity index (χ2n) is 3.70. The number of aryl methyl sites for hydroxylation is 1. The van der Waals surface area contributed by atoms with Crippen molar-refractivity contribution in [2.45, 2.75) is 6.54 Å². The van der Waals surface area contributed by atoms with Gasteiger partial charge in [-0.25, -0.2) is 0 Å². The lowest BCUT2D eigenvalue weighted by atomic mass is 10.1. The molecule has 0 bridgehead atoms. The van der Waals surface area contributed by atoms with Gasteiger partial charge in [-0.1, -0.05) is 0 Å². The van der Waals surface area contributed by atoms with Crippen molar-refractivity contribution in [2.75, 3.05) is 7.11 Å². The van der Waals surface area contributed by atoms with Gasteiger partial charge in [0.1, 0.15) is 5.75 Å². The second-order valence-corrected chi connectivity index (χ2v) is 4.55. The van der Waals surface area contributed by atoms with Crippen molar-refractivity contribution in [3.05, 3.63) is 34.4 Å². The molecule has 2 aromatic rings. The van der Waals surface area contributed by atoms with Crippen LogP contribution in [0.3, 0.4) is 0 Å². The van der Waals surface area contributed by atoms with Gasteiger partial charge in [0.05, 0.1) is 23.0 Å². The highest BCUT2D eigenvalue weighted by atomic mass is 79.9.